The number of carbonyl (C=O) groups is 2. The van der Waals surface area contributed by atoms with Crippen LogP contribution in [0.2, 0.25) is 0 Å². The number of hydrogen-bond donors (Lipinski definition) is 2. The van der Waals surface area contributed by atoms with E-state index in [1.165, 1.54) is 55.6 Å². The second-order valence-corrected chi connectivity index (χ2v) is 6.45. The van der Waals surface area contributed by atoms with E-state index in [-0.39, 0.29) is 24.2 Å². The number of carbonyl (C=O) groups excluding carboxylic acids is 2. The van der Waals surface area contributed by atoms with Gasteiger partial charge < -0.3 is 15.8 Å². The third kappa shape index (κ3) is 6.07. The maximum atomic E-state index is 12.4. The van der Waals surface area contributed by atoms with Crippen LogP contribution >= 0.6 is 0 Å². The molecule has 0 spiro atoms. The van der Waals surface area contributed by atoms with E-state index >= 15 is 0 Å². The minimum Gasteiger partial charge on any atom is -0.467 e. The standard InChI is InChI=1S/C19H20N4O7/c1-30-19(25)17(11-13-4-8-15(9-5-13)23(28)29)21-18(24)16(20)10-12-2-6-14(7-3-12)22(26)27/h2-9,16-17H,10-11,20H2,1H3,(H,21,24)/t16-,17+/m1/s1. The average Bonchev–Trinajstić information content (AvgIpc) is 2.73. The summed E-state index contributed by atoms with van der Waals surface area (Å²) in [6.07, 6.45) is 0.163. The first-order valence-electron chi connectivity index (χ1n) is 8.81. The first kappa shape index (κ1) is 22.4. The van der Waals surface area contributed by atoms with Gasteiger partial charge in [-0.1, -0.05) is 24.3 Å². The summed E-state index contributed by atoms with van der Waals surface area (Å²) >= 11 is 0. The fraction of sp³-hybridized carbons (Fsp3) is 0.263. The lowest BCUT2D eigenvalue weighted by molar-refractivity contribution is -0.385. The molecule has 0 saturated heterocycles. The van der Waals surface area contributed by atoms with Crippen LogP contribution in [0.25, 0.3) is 0 Å². The molecule has 158 valence electrons. The van der Waals surface area contributed by atoms with Crippen molar-refractivity contribution < 1.29 is 24.2 Å². The number of esters is 1. The third-order valence-electron chi connectivity index (χ3n) is 4.33. The highest BCUT2D eigenvalue weighted by molar-refractivity contribution is 5.87. The summed E-state index contributed by atoms with van der Waals surface area (Å²) in [7, 11) is 1.17. The first-order valence-corrected chi connectivity index (χ1v) is 8.81. The van der Waals surface area contributed by atoms with Crippen LogP contribution in [-0.4, -0.2) is 40.9 Å². The molecule has 2 aromatic carbocycles. The number of nitrogens with zero attached hydrogens (tertiary/aromatic N) is 2. The average molecular weight is 416 g/mol. The van der Waals surface area contributed by atoms with E-state index < -0.39 is 33.8 Å². The van der Waals surface area contributed by atoms with Gasteiger partial charge in [0.1, 0.15) is 6.04 Å². The zero-order chi connectivity index (χ0) is 22.3. The first-order chi connectivity index (χ1) is 14.2. The van der Waals surface area contributed by atoms with Gasteiger partial charge in [-0.05, 0) is 17.5 Å². The van der Waals surface area contributed by atoms with Crippen LogP contribution in [0.1, 0.15) is 11.1 Å². The Hall–Kier alpha value is -3.86. The third-order valence-corrected chi connectivity index (χ3v) is 4.33. The molecule has 0 bridgehead atoms. The van der Waals surface area contributed by atoms with Gasteiger partial charge >= 0.3 is 5.97 Å². The van der Waals surface area contributed by atoms with Crippen LogP contribution in [0.4, 0.5) is 11.4 Å². The molecule has 3 N–H and O–H groups in total. The number of benzene rings is 2. The Balaban J connectivity index is 2.03. The summed E-state index contributed by atoms with van der Waals surface area (Å²) in [5.74, 6) is -1.30. The number of nitro benzene ring substituents is 2. The van der Waals surface area contributed by atoms with E-state index in [4.69, 9.17) is 10.5 Å². The molecule has 2 atom stereocenters. The molecule has 11 heteroatoms. The van der Waals surface area contributed by atoms with Crippen LogP contribution in [0.3, 0.4) is 0 Å². The molecule has 0 saturated carbocycles. The fourth-order valence-corrected chi connectivity index (χ4v) is 2.70. The molecular formula is C19H20N4O7. The van der Waals surface area contributed by atoms with E-state index in [0.29, 0.717) is 11.1 Å². The number of amides is 1. The summed E-state index contributed by atoms with van der Waals surface area (Å²) < 4.78 is 4.71. The van der Waals surface area contributed by atoms with Crippen molar-refractivity contribution in [3.63, 3.8) is 0 Å². The van der Waals surface area contributed by atoms with Crippen molar-refractivity contribution in [3.05, 3.63) is 79.9 Å². The molecule has 0 radical (unpaired) electrons. The summed E-state index contributed by atoms with van der Waals surface area (Å²) in [6, 6.07) is 9.14. The summed E-state index contributed by atoms with van der Waals surface area (Å²) in [5, 5.41) is 24.0. The van der Waals surface area contributed by atoms with Crippen molar-refractivity contribution in [2.45, 2.75) is 24.9 Å². The van der Waals surface area contributed by atoms with Crippen molar-refractivity contribution in [1.29, 1.82) is 0 Å². The fourth-order valence-electron chi connectivity index (χ4n) is 2.70. The number of ether oxygens (including phenoxy) is 1. The van der Waals surface area contributed by atoms with Crippen LogP contribution in [0.15, 0.2) is 48.5 Å². The Morgan fingerprint density at radius 1 is 0.933 bits per heavy atom. The number of nitrogens with one attached hydrogen (secondary N) is 1. The van der Waals surface area contributed by atoms with E-state index in [1.807, 2.05) is 0 Å². The Morgan fingerprint density at radius 3 is 1.77 bits per heavy atom. The zero-order valence-electron chi connectivity index (χ0n) is 16.0. The molecule has 0 unspecified atom stereocenters. The Morgan fingerprint density at radius 2 is 1.37 bits per heavy atom. The lowest BCUT2D eigenvalue weighted by atomic mass is 10.0. The molecular weight excluding hydrogens is 396 g/mol. The molecule has 2 rings (SSSR count). The van der Waals surface area contributed by atoms with E-state index in [1.54, 1.807) is 0 Å². The summed E-state index contributed by atoms with van der Waals surface area (Å²) in [5.41, 5.74) is 6.94. The zero-order valence-corrected chi connectivity index (χ0v) is 16.0. The quantitative estimate of drug-likeness (QED) is 0.350. The van der Waals surface area contributed by atoms with Crippen molar-refractivity contribution in [1.82, 2.24) is 5.32 Å². The van der Waals surface area contributed by atoms with Gasteiger partial charge in [-0.3, -0.25) is 25.0 Å². The van der Waals surface area contributed by atoms with Gasteiger partial charge in [0.25, 0.3) is 11.4 Å². The van der Waals surface area contributed by atoms with Crippen molar-refractivity contribution in [3.8, 4) is 0 Å². The van der Waals surface area contributed by atoms with Crippen LogP contribution in [0, 0.1) is 20.2 Å². The lowest BCUT2D eigenvalue weighted by Crippen LogP contribution is -2.50. The van der Waals surface area contributed by atoms with Crippen LogP contribution < -0.4 is 11.1 Å². The predicted molar refractivity (Wildman–Crippen MR) is 106 cm³/mol. The number of non-ortho nitro benzene ring substituents is 2. The number of methoxy groups -OCH3 is 1. The molecule has 0 aliphatic carbocycles. The van der Waals surface area contributed by atoms with Gasteiger partial charge in [0.15, 0.2) is 0 Å². The van der Waals surface area contributed by atoms with Gasteiger partial charge in [-0.15, -0.1) is 0 Å². The molecule has 11 nitrogen and oxygen atoms in total. The van der Waals surface area contributed by atoms with Gasteiger partial charge in [-0.2, -0.15) is 0 Å². The molecule has 30 heavy (non-hydrogen) atoms. The Bertz CT molecular complexity index is 929. The van der Waals surface area contributed by atoms with Gasteiger partial charge in [0.05, 0.1) is 23.0 Å². The molecule has 1 amide bonds. The summed E-state index contributed by atoms with van der Waals surface area (Å²) in [6.45, 7) is 0. The highest BCUT2D eigenvalue weighted by Gasteiger charge is 2.25. The largest absolute Gasteiger partial charge is 0.467 e. The Kier molecular flexibility index (Phi) is 7.53. The molecule has 0 aromatic heterocycles. The maximum Gasteiger partial charge on any atom is 0.328 e. The smallest absolute Gasteiger partial charge is 0.328 e. The molecule has 0 aliphatic heterocycles. The SMILES string of the molecule is COC(=O)[C@H](Cc1ccc([N+](=O)[O-])cc1)NC(=O)[C@H](N)Cc1ccc([N+](=O)[O-])cc1. The van der Waals surface area contributed by atoms with Crippen LogP contribution in [-0.2, 0) is 27.2 Å². The molecule has 0 heterocycles. The van der Waals surface area contributed by atoms with E-state index in [0.717, 1.165) is 0 Å². The Labute approximate surface area is 171 Å². The van der Waals surface area contributed by atoms with Crippen molar-refractivity contribution >= 4 is 23.3 Å². The highest BCUT2D eigenvalue weighted by atomic mass is 16.6. The number of nitro groups is 2. The number of hydrogen-bond acceptors (Lipinski definition) is 8. The predicted octanol–water partition coefficient (Wildman–Crippen LogP) is 1.27. The normalized spacial score (nSPS) is 12.5. The summed E-state index contributed by atoms with van der Waals surface area (Å²) in [4.78, 5) is 44.9. The van der Waals surface area contributed by atoms with Gasteiger partial charge in [0, 0.05) is 30.7 Å². The second kappa shape index (κ2) is 10.1. The second-order valence-electron chi connectivity index (χ2n) is 6.45. The van der Waals surface area contributed by atoms with Crippen molar-refractivity contribution in [2.24, 2.45) is 5.73 Å². The van der Waals surface area contributed by atoms with Gasteiger partial charge in [-0.25, -0.2) is 4.79 Å². The van der Waals surface area contributed by atoms with E-state index in [2.05, 4.69) is 5.32 Å². The lowest BCUT2D eigenvalue weighted by Gasteiger charge is -2.19. The number of rotatable bonds is 9. The van der Waals surface area contributed by atoms with Crippen LogP contribution in [0.5, 0.6) is 0 Å². The molecule has 0 fully saturated rings. The minimum absolute atomic E-state index is 0.0562. The molecule has 0 aliphatic rings. The van der Waals surface area contributed by atoms with Gasteiger partial charge in [0.2, 0.25) is 5.91 Å². The van der Waals surface area contributed by atoms with E-state index in [9.17, 15) is 29.8 Å². The highest BCUT2D eigenvalue weighted by Crippen LogP contribution is 2.15. The maximum absolute atomic E-state index is 12.4. The van der Waals surface area contributed by atoms with Crippen molar-refractivity contribution in [2.75, 3.05) is 7.11 Å². The topological polar surface area (TPSA) is 168 Å². The number of nitrogens with two attached hydrogens (primary N) is 1. The molecule has 2 aromatic rings. The minimum atomic E-state index is -1.04. The monoisotopic (exact) mass is 416 g/mol.